The van der Waals surface area contributed by atoms with Crippen LogP contribution in [0.15, 0.2) is 0 Å². The molecule has 0 aliphatic heterocycles. The molecule has 1 amide bonds. The van der Waals surface area contributed by atoms with Gasteiger partial charge in [0, 0.05) is 0 Å². The molecule has 0 aromatic heterocycles. The van der Waals surface area contributed by atoms with E-state index >= 15 is 0 Å². The van der Waals surface area contributed by atoms with Gasteiger partial charge in [0.1, 0.15) is 6.10 Å². The van der Waals surface area contributed by atoms with Crippen molar-refractivity contribution in [2.45, 2.75) is 161 Å². The van der Waals surface area contributed by atoms with Gasteiger partial charge in [-0.15, -0.1) is 0 Å². The van der Waals surface area contributed by atoms with Crippen molar-refractivity contribution in [3.05, 3.63) is 0 Å². The van der Waals surface area contributed by atoms with Crippen molar-refractivity contribution < 1.29 is 28.0 Å². The van der Waals surface area contributed by atoms with Crippen molar-refractivity contribution in [1.29, 1.82) is 0 Å². The average molecular weight is 522 g/mol. The zero-order chi connectivity index (χ0) is 26.4. The number of carbonyl (C=O) groups excluding carboxylic acids is 1. The maximum atomic E-state index is 12.4. The number of aliphatic hydroxyl groups excluding tert-OH is 2. The van der Waals surface area contributed by atoms with Gasteiger partial charge in [-0.2, -0.15) is 8.42 Å². The van der Waals surface area contributed by atoms with E-state index in [0.717, 1.165) is 44.9 Å². The van der Waals surface area contributed by atoms with Gasteiger partial charge in [-0.25, -0.2) is 0 Å². The Bertz CT molecular complexity index is 598. The average Bonchev–Trinajstić information content (AvgIpc) is 2.80. The van der Waals surface area contributed by atoms with Gasteiger partial charge in [0.2, 0.25) is 5.91 Å². The summed E-state index contributed by atoms with van der Waals surface area (Å²) < 4.78 is 32.1. The molecular weight excluding hydrogens is 466 g/mol. The molecule has 7 nitrogen and oxygen atoms in total. The molecular formula is C27H55NO6S. The molecule has 0 aliphatic rings. The van der Waals surface area contributed by atoms with Gasteiger partial charge >= 0.3 is 0 Å². The first-order valence-corrected chi connectivity index (χ1v) is 15.9. The minimum absolute atomic E-state index is 0.300. The van der Waals surface area contributed by atoms with Gasteiger partial charge < -0.3 is 15.5 Å². The fourth-order valence-electron chi connectivity index (χ4n) is 4.40. The Hall–Kier alpha value is -0.700. The molecule has 4 N–H and O–H groups in total. The van der Waals surface area contributed by atoms with Crippen LogP contribution < -0.4 is 5.32 Å². The molecule has 3 unspecified atom stereocenters. The summed E-state index contributed by atoms with van der Waals surface area (Å²) in [6.07, 6.45) is 18.6. The highest BCUT2D eigenvalue weighted by molar-refractivity contribution is 7.85. The third kappa shape index (κ3) is 22.2. The molecule has 0 aromatic carbocycles. The maximum Gasteiger partial charge on any atom is 0.266 e. The van der Waals surface area contributed by atoms with Crippen molar-refractivity contribution in [2.75, 3.05) is 5.75 Å². The number of hydrogen-bond acceptors (Lipinski definition) is 5. The molecule has 0 aromatic rings. The second-order valence-electron chi connectivity index (χ2n) is 10.2. The number of aliphatic hydroxyl groups is 2. The summed E-state index contributed by atoms with van der Waals surface area (Å²) in [6.45, 7) is 4.39. The van der Waals surface area contributed by atoms with Crippen LogP contribution in [0.1, 0.15) is 142 Å². The summed E-state index contributed by atoms with van der Waals surface area (Å²) in [5.41, 5.74) is 0. The van der Waals surface area contributed by atoms with E-state index in [0.29, 0.717) is 19.3 Å². The van der Waals surface area contributed by atoms with Crippen LogP contribution in [0.25, 0.3) is 0 Å². The lowest BCUT2D eigenvalue weighted by molar-refractivity contribution is -0.131. The lowest BCUT2D eigenvalue weighted by Crippen LogP contribution is -2.50. The molecule has 0 fully saturated rings. The number of rotatable bonds is 25. The van der Waals surface area contributed by atoms with Gasteiger partial charge in [-0.1, -0.05) is 129 Å². The number of nitrogens with one attached hydrogen (secondary N) is 1. The van der Waals surface area contributed by atoms with Gasteiger partial charge in [0.05, 0.1) is 17.9 Å². The fraction of sp³-hybridized carbons (Fsp3) is 0.963. The largest absolute Gasteiger partial charge is 0.391 e. The van der Waals surface area contributed by atoms with Crippen molar-refractivity contribution in [1.82, 2.24) is 5.32 Å². The lowest BCUT2D eigenvalue weighted by atomic mass is 10.0. The van der Waals surface area contributed by atoms with E-state index in [4.69, 9.17) is 0 Å². The van der Waals surface area contributed by atoms with Crippen LogP contribution >= 0.6 is 0 Å². The van der Waals surface area contributed by atoms with Crippen LogP contribution in [-0.4, -0.2) is 53.1 Å². The smallest absolute Gasteiger partial charge is 0.266 e. The van der Waals surface area contributed by atoms with Crippen LogP contribution in [0.3, 0.4) is 0 Å². The van der Waals surface area contributed by atoms with Gasteiger partial charge in [-0.05, 0) is 12.8 Å². The van der Waals surface area contributed by atoms with Crippen LogP contribution in [-0.2, 0) is 14.9 Å². The summed E-state index contributed by atoms with van der Waals surface area (Å²) >= 11 is 0. The first-order chi connectivity index (χ1) is 16.7. The van der Waals surface area contributed by atoms with E-state index in [9.17, 15) is 28.0 Å². The molecule has 3 atom stereocenters. The van der Waals surface area contributed by atoms with Crippen molar-refractivity contribution in [2.24, 2.45) is 0 Å². The van der Waals surface area contributed by atoms with E-state index in [1.54, 1.807) is 0 Å². The molecule has 35 heavy (non-hydrogen) atoms. The Morgan fingerprint density at radius 3 is 1.43 bits per heavy atom. The van der Waals surface area contributed by atoms with E-state index in [1.165, 1.54) is 64.2 Å². The Morgan fingerprint density at radius 1 is 0.657 bits per heavy atom. The zero-order valence-electron chi connectivity index (χ0n) is 22.6. The quantitative estimate of drug-likeness (QED) is 0.0873. The van der Waals surface area contributed by atoms with Crippen molar-refractivity contribution in [3.63, 3.8) is 0 Å². The molecule has 0 heterocycles. The lowest BCUT2D eigenvalue weighted by Gasteiger charge is -2.24. The Labute approximate surface area is 215 Å². The monoisotopic (exact) mass is 521 g/mol. The van der Waals surface area contributed by atoms with E-state index in [2.05, 4.69) is 19.2 Å². The highest BCUT2D eigenvalue weighted by Gasteiger charge is 2.28. The molecule has 0 saturated carbocycles. The second kappa shape index (κ2) is 22.5. The molecule has 0 bridgehead atoms. The van der Waals surface area contributed by atoms with E-state index in [1.807, 2.05) is 0 Å². The Balaban J connectivity index is 4.23. The first kappa shape index (κ1) is 34.3. The Kier molecular flexibility index (Phi) is 22.0. The summed E-state index contributed by atoms with van der Waals surface area (Å²) in [5.74, 6) is -1.45. The summed E-state index contributed by atoms with van der Waals surface area (Å²) in [5, 5.41) is 23.1. The number of hydrogen-bond donors (Lipinski definition) is 4. The minimum atomic E-state index is -4.38. The van der Waals surface area contributed by atoms with Crippen LogP contribution in [0.4, 0.5) is 0 Å². The predicted molar refractivity (Wildman–Crippen MR) is 144 cm³/mol. The Morgan fingerprint density at radius 2 is 1.03 bits per heavy atom. The third-order valence-corrected chi connectivity index (χ3v) is 7.45. The molecule has 0 spiro atoms. The number of carbonyl (C=O) groups is 1. The van der Waals surface area contributed by atoms with E-state index in [-0.39, 0.29) is 0 Å². The number of amides is 1. The molecule has 0 aliphatic carbocycles. The van der Waals surface area contributed by atoms with Gasteiger partial charge in [0.25, 0.3) is 10.1 Å². The summed E-state index contributed by atoms with van der Waals surface area (Å²) in [4.78, 5) is 12.4. The SMILES string of the molecule is CCCCCCCCCCCCC(O)C(CS(=O)(=O)O)NC(=O)C(O)CCCCCCCCCC. The van der Waals surface area contributed by atoms with E-state index < -0.39 is 40.0 Å². The number of unbranched alkanes of at least 4 members (excludes halogenated alkanes) is 16. The van der Waals surface area contributed by atoms with Crippen LogP contribution in [0.2, 0.25) is 0 Å². The highest BCUT2D eigenvalue weighted by atomic mass is 32.2. The highest BCUT2D eigenvalue weighted by Crippen LogP contribution is 2.15. The minimum Gasteiger partial charge on any atom is -0.391 e. The van der Waals surface area contributed by atoms with Gasteiger partial charge in [-0.3, -0.25) is 9.35 Å². The van der Waals surface area contributed by atoms with Crippen LogP contribution in [0.5, 0.6) is 0 Å². The van der Waals surface area contributed by atoms with Crippen LogP contribution in [0, 0.1) is 0 Å². The third-order valence-electron chi connectivity index (χ3n) is 6.67. The molecule has 8 heteroatoms. The second-order valence-corrected chi connectivity index (χ2v) is 11.7. The maximum absolute atomic E-state index is 12.4. The van der Waals surface area contributed by atoms with Gasteiger partial charge in [0.15, 0.2) is 0 Å². The fourth-order valence-corrected chi connectivity index (χ4v) is 5.16. The molecule has 0 radical (unpaired) electrons. The summed E-state index contributed by atoms with van der Waals surface area (Å²) in [7, 11) is -4.38. The molecule has 210 valence electrons. The first-order valence-electron chi connectivity index (χ1n) is 14.3. The van der Waals surface area contributed by atoms with Crippen molar-refractivity contribution >= 4 is 16.0 Å². The topological polar surface area (TPSA) is 124 Å². The standard InChI is InChI=1S/C27H55NO6S/c1-3-5-7-9-11-13-14-16-17-19-21-25(29)24(23-35(32,33)34)28-27(31)26(30)22-20-18-15-12-10-8-6-4-2/h24-26,29-30H,3-23H2,1-2H3,(H,28,31)(H,32,33,34). The zero-order valence-corrected chi connectivity index (χ0v) is 23.4. The molecule has 0 rings (SSSR count). The summed E-state index contributed by atoms with van der Waals surface area (Å²) in [6, 6.07) is -1.13. The predicted octanol–water partition coefficient (Wildman–Crippen LogP) is 5.92. The van der Waals surface area contributed by atoms with Crippen molar-refractivity contribution in [3.8, 4) is 0 Å². The molecule has 0 saturated heterocycles. The normalized spacial score (nSPS) is 14.5.